The summed E-state index contributed by atoms with van der Waals surface area (Å²) in [6.45, 7) is 3.08. The van der Waals surface area contributed by atoms with Crippen molar-refractivity contribution >= 4 is 28.3 Å². The Morgan fingerprint density at radius 3 is 2.65 bits per heavy atom. The van der Waals surface area contributed by atoms with Crippen LogP contribution in [-0.4, -0.2) is 48.3 Å². The molecular formula is C13H19N5O2. The van der Waals surface area contributed by atoms with Crippen molar-refractivity contribution in [3.8, 4) is 0 Å². The van der Waals surface area contributed by atoms with Gasteiger partial charge in [-0.25, -0.2) is 4.63 Å². The highest BCUT2D eigenvalue weighted by Crippen LogP contribution is 2.28. The molecule has 0 radical (unpaired) electrons. The van der Waals surface area contributed by atoms with Gasteiger partial charge in [0.1, 0.15) is 0 Å². The van der Waals surface area contributed by atoms with Gasteiger partial charge in [-0.1, -0.05) is 6.92 Å². The molecule has 1 amide bonds. The average molecular weight is 277 g/mol. The zero-order valence-corrected chi connectivity index (χ0v) is 12.0. The van der Waals surface area contributed by atoms with E-state index in [9.17, 15) is 4.79 Å². The second kappa shape index (κ2) is 5.77. The summed E-state index contributed by atoms with van der Waals surface area (Å²) in [5.41, 5.74) is 8.28. The van der Waals surface area contributed by atoms with Crippen molar-refractivity contribution in [2.45, 2.75) is 13.3 Å². The Kier molecular flexibility index (Phi) is 4.07. The number of nitrogens with zero attached hydrogens (tertiary/aromatic N) is 4. The number of hydrogen-bond acceptors (Lipinski definition) is 6. The molecule has 0 fully saturated rings. The molecule has 0 saturated carbocycles. The normalized spacial score (nSPS) is 10.8. The molecule has 0 aliphatic carbocycles. The summed E-state index contributed by atoms with van der Waals surface area (Å²) in [5, 5.41) is 7.70. The minimum Gasteiger partial charge on any atom is -0.397 e. The van der Waals surface area contributed by atoms with Gasteiger partial charge in [0.15, 0.2) is 11.0 Å². The molecule has 2 rings (SSSR count). The van der Waals surface area contributed by atoms with E-state index < -0.39 is 0 Å². The molecule has 108 valence electrons. The van der Waals surface area contributed by atoms with E-state index in [4.69, 9.17) is 10.4 Å². The maximum atomic E-state index is 11.9. The lowest BCUT2D eigenvalue weighted by molar-refractivity contribution is -0.127. The topological polar surface area (TPSA) is 88.5 Å². The van der Waals surface area contributed by atoms with E-state index in [0.717, 1.165) is 18.7 Å². The SMILES string of the molecule is CCCN(CC(=O)N(C)C)c1ccc(N)c2nonc12. The summed E-state index contributed by atoms with van der Waals surface area (Å²) in [7, 11) is 3.48. The Labute approximate surface area is 117 Å². The number of anilines is 2. The molecule has 1 aromatic carbocycles. The fourth-order valence-electron chi connectivity index (χ4n) is 1.99. The Balaban J connectivity index is 2.39. The summed E-state index contributed by atoms with van der Waals surface area (Å²) in [4.78, 5) is 15.5. The van der Waals surface area contributed by atoms with Crippen LogP contribution in [0.1, 0.15) is 13.3 Å². The highest BCUT2D eigenvalue weighted by atomic mass is 16.6. The number of amides is 1. The maximum Gasteiger partial charge on any atom is 0.241 e. The molecule has 2 N–H and O–H groups in total. The summed E-state index contributed by atoms with van der Waals surface area (Å²) in [6, 6.07) is 3.60. The van der Waals surface area contributed by atoms with E-state index >= 15 is 0 Å². The van der Waals surface area contributed by atoms with Crippen molar-refractivity contribution < 1.29 is 9.42 Å². The average Bonchev–Trinajstić information content (AvgIpc) is 2.88. The van der Waals surface area contributed by atoms with Crippen LogP contribution in [0.25, 0.3) is 11.0 Å². The van der Waals surface area contributed by atoms with Gasteiger partial charge in [0.25, 0.3) is 0 Å². The largest absolute Gasteiger partial charge is 0.397 e. The molecule has 0 bridgehead atoms. The zero-order chi connectivity index (χ0) is 14.7. The molecule has 7 nitrogen and oxygen atoms in total. The molecule has 1 aromatic heterocycles. The number of benzene rings is 1. The first-order valence-corrected chi connectivity index (χ1v) is 6.50. The minimum atomic E-state index is 0.0277. The lowest BCUT2D eigenvalue weighted by Crippen LogP contribution is -2.37. The van der Waals surface area contributed by atoms with Crippen LogP contribution in [0.4, 0.5) is 11.4 Å². The predicted molar refractivity (Wildman–Crippen MR) is 77.4 cm³/mol. The third-order valence-corrected chi connectivity index (χ3v) is 3.08. The van der Waals surface area contributed by atoms with Crippen LogP contribution in [0.2, 0.25) is 0 Å². The number of rotatable bonds is 5. The van der Waals surface area contributed by atoms with Crippen LogP contribution in [0.5, 0.6) is 0 Å². The molecule has 20 heavy (non-hydrogen) atoms. The van der Waals surface area contributed by atoms with Crippen molar-refractivity contribution in [1.82, 2.24) is 15.2 Å². The lowest BCUT2D eigenvalue weighted by Gasteiger charge is -2.25. The first-order valence-electron chi connectivity index (χ1n) is 6.50. The molecule has 0 aliphatic heterocycles. The molecule has 1 heterocycles. The van der Waals surface area contributed by atoms with E-state index in [0.29, 0.717) is 16.7 Å². The number of carbonyl (C=O) groups excluding carboxylic acids is 1. The van der Waals surface area contributed by atoms with E-state index in [1.165, 1.54) is 0 Å². The third-order valence-electron chi connectivity index (χ3n) is 3.08. The van der Waals surface area contributed by atoms with E-state index in [2.05, 4.69) is 17.2 Å². The fraction of sp³-hybridized carbons (Fsp3) is 0.462. The number of carbonyl (C=O) groups is 1. The summed E-state index contributed by atoms with van der Waals surface area (Å²) < 4.78 is 4.77. The van der Waals surface area contributed by atoms with Crippen LogP contribution < -0.4 is 10.6 Å². The second-order valence-corrected chi connectivity index (χ2v) is 4.85. The number of aromatic nitrogens is 2. The van der Waals surface area contributed by atoms with Crippen LogP contribution in [-0.2, 0) is 4.79 Å². The van der Waals surface area contributed by atoms with Gasteiger partial charge in [-0.05, 0) is 28.9 Å². The predicted octanol–water partition coefficient (Wildman–Crippen LogP) is 1.11. The standard InChI is InChI=1S/C13H19N5O2/c1-4-7-18(8-11(19)17(2)3)10-6-5-9(14)12-13(10)16-20-15-12/h5-6H,4,7-8,14H2,1-3H3. The first-order chi connectivity index (χ1) is 9.54. The Hall–Kier alpha value is -2.31. The quantitative estimate of drug-likeness (QED) is 0.824. The Morgan fingerprint density at radius 2 is 2.00 bits per heavy atom. The van der Waals surface area contributed by atoms with Gasteiger partial charge in [0.05, 0.1) is 17.9 Å². The van der Waals surface area contributed by atoms with Crippen molar-refractivity contribution in [3.63, 3.8) is 0 Å². The molecular weight excluding hydrogens is 258 g/mol. The zero-order valence-electron chi connectivity index (χ0n) is 12.0. The fourth-order valence-corrected chi connectivity index (χ4v) is 1.99. The summed E-state index contributed by atoms with van der Waals surface area (Å²) in [5.74, 6) is 0.0277. The molecule has 0 atom stereocenters. The van der Waals surface area contributed by atoms with Crippen LogP contribution in [0.3, 0.4) is 0 Å². The van der Waals surface area contributed by atoms with Gasteiger partial charge in [0.2, 0.25) is 5.91 Å². The Morgan fingerprint density at radius 1 is 1.30 bits per heavy atom. The van der Waals surface area contributed by atoms with Crippen LogP contribution in [0, 0.1) is 0 Å². The van der Waals surface area contributed by atoms with Crippen molar-refractivity contribution in [3.05, 3.63) is 12.1 Å². The molecule has 0 unspecified atom stereocenters. The van der Waals surface area contributed by atoms with Gasteiger partial charge in [-0.3, -0.25) is 4.79 Å². The number of fused-ring (bicyclic) bond motifs is 1. The minimum absolute atomic E-state index is 0.0277. The number of nitrogens with two attached hydrogens (primary N) is 1. The molecule has 7 heteroatoms. The molecule has 0 aliphatic rings. The number of hydrogen-bond donors (Lipinski definition) is 1. The lowest BCUT2D eigenvalue weighted by atomic mass is 10.2. The molecule has 2 aromatic rings. The Bertz CT molecular complexity index is 608. The van der Waals surface area contributed by atoms with Crippen molar-refractivity contribution in [2.75, 3.05) is 37.8 Å². The van der Waals surface area contributed by atoms with E-state index in [-0.39, 0.29) is 12.5 Å². The first kappa shape index (κ1) is 14.1. The molecule has 0 spiro atoms. The third kappa shape index (κ3) is 2.66. The van der Waals surface area contributed by atoms with Crippen LogP contribution >= 0.6 is 0 Å². The second-order valence-electron chi connectivity index (χ2n) is 4.85. The van der Waals surface area contributed by atoms with Gasteiger partial charge >= 0.3 is 0 Å². The van der Waals surface area contributed by atoms with Gasteiger partial charge in [-0.2, -0.15) is 0 Å². The van der Waals surface area contributed by atoms with Gasteiger partial charge in [0, 0.05) is 20.6 Å². The highest BCUT2D eigenvalue weighted by molar-refractivity contribution is 5.96. The number of nitrogen functional groups attached to an aromatic ring is 1. The number of likely N-dealkylation sites (N-methyl/N-ethyl adjacent to an activating group) is 1. The molecule has 0 saturated heterocycles. The van der Waals surface area contributed by atoms with E-state index in [1.807, 2.05) is 11.0 Å². The monoisotopic (exact) mass is 277 g/mol. The summed E-state index contributed by atoms with van der Waals surface area (Å²) >= 11 is 0. The van der Waals surface area contributed by atoms with E-state index in [1.54, 1.807) is 25.1 Å². The van der Waals surface area contributed by atoms with Crippen LogP contribution in [0.15, 0.2) is 16.8 Å². The maximum absolute atomic E-state index is 11.9. The highest BCUT2D eigenvalue weighted by Gasteiger charge is 2.18. The van der Waals surface area contributed by atoms with Crippen molar-refractivity contribution in [1.29, 1.82) is 0 Å². The smallest absolute Gasteiger partial charge is 0.241 e. The van der Waals surface area contributed by atoms with Gasteiger partial charge in [-0.15, -0.1) is 0 Å². The van der Waals surface area contributed by atoms with Gasteiger partial charge < -0.3 is 15.5 Å². The summed E-state index contributed by atoms with van der Waals surface area (Å²) in [6.07, 6.45) is 0.915. The van der Waals surface area contributed by atoms with Crippen molar-refractivity contribution in [2.24, 2.45) is 0 Å².